The van der Waals surface area contributed by atoms with Crippen molar-refractivity contribution in [3.63, 3.8) is 0 Å². The van der Waals surface area contributed by atoms with E-state index in [1.54, 1.807) is 13.3 Å². The molecule has 122 valence electrons. The summed E-state index contributed by atoms with van der Waals surface area (Å²) in [6.45, 7) is 0.800. The van der Waals surface area contributed by atoms with Gasteiger partial charge in [-0.25, -0.2) is 9.97 Å². The largest absolute Gasteiger partial charge is 0.388 e. The number of imidazole rings is 1. The number of pyridine rings is 1. The Morgan fingerprint density at radius 1 is 1.35 bits per heavy atom. The summed E-state index contributed by atoms with van der Waals surface area (Å²) in [6.07, 6.45) is 8.21. The van der Waals surface area contributed by atoms with Gasteiger partial charge < -0.3 is 19.4 Å². The monoisotopic (exact) mass is 314 g/mol. The van der Waals surface area contributed by atoms with Crippen LogP contribution in [-0.4, -0.2) is 38.3 Å². The number of aromatic amines is 1. The van der Waals surface area contributed by atoms with E-state index in [-0.39, 0.29) is 6.61 Å². The SMILES string of the molecule is COCC1CCC(n2c(CO)nc3cnc4[nH]ccc4c32)CC1. The van der Waals surface area contributed by atoms with Crippen LogP contribution in [0, 0.1) is 5.92 Å². The van der Waals surface area contributed by atoms with Gasteiger partial charge in [0.25, 0.3) is 0 Å². The quantitative estimate of drug-likeness (QED) is 0.776. The Bertz CT molecular complexity index is 815. The standard InChI is InChI=1S/C17H22N4O2/c1-23-10-11-2-4-12(5-3-11)21-15(9-22)20-14-8-19-17-13(16(14)21)6-7-18-17/h6-8,11-12,22H,2-5,9-10H2,1H3,(H,18,19). The first-order chi connectivity index (χ1) is 11.3. The fourth-order valence-corrected chi connectivity index (χ4v) is 3.95. The molecule has 0 saturated heterocycles. The van der Waals surface area contributed by atoms with Crippen LogP contribution in [-0.2, 0) is 11.3 Å². The van der Waals surface area contributed by atoms with E-state index in [0.29, 0.717) is 12.0 Å². The molecule has 6 heteroatoms. The average molecular weight is 314 g/mol. The number of H-pyrrole nitrogens is 1. The highest BCUT2D eigenvalue weighted by Crippen LogP contribution is 2.36. The Morgan fingerprint density at radius 2 is 2.17 bits per heavy atom. The second kappa shape index (κ2) is 5.94. The second-order valence-electron chi connectivity index (χ2n) is 6.42. The number of methoxy groups -OCH3 is 1. The van der Waals surface area contributed by atoms with E-state index in [1.807, 2.05) is 12.3 Å². The number of hydrogen-bond donors (Lipinski definition) is 2. The van der Waals surface area contributed by atoms with Crippen LogP contribution in [0.25, 0.3) is 22.1 Å². The lowest BCUT2D eigenvalue weighted by molar-refractivity contribution is 0.119. The summed E-state index contributed by atoms with van der Waals surface area (Å²) in [7, 11) is 1.77. The van der Waals surface area contributed by atoms with Crippen molar-refractivity contribution in [3.8, 4) is 0 Å². The molecule has 0 radical (unpaired) electrons. The van der Waals surface area contributed by atoms with E-state index in [1.165, 1.54) is 0 Å². The molecule has 1 aliphatic carbocycles. The van der Waals surface area contributed by atoms with Gasteiger partial charge in [-0.05, 0) is 37.7 Å². The van der Waals surface area contributed by atoms with Crippen molar-refractivity contribution in [2.24, 2.45) is 5.92 Å². The van der Waals surface area contributed by atoms with Crippen LogP contribution in [0.5, 0.6) is 0 Å². The van der Waals surface area contributed by atoms with Gasteiger partial charge in [-0.2, -0.15) is 0 Å². The Balaban J connectivity index is 1.77. The minimum absolute atomic E-state index is 0.0431. The molecule has 3 aromatic rings. The molecule has 0 atom stereocenters. The molecule has 0 unspecified atom stereocenters. The zero-order chi connectivity index (χ0) is 15.8. The Hall–Kier alpha value is -1.92. The molecule has 3 heterocycles. The van der Waals surface area contributed by atoms with E-state index in [2.05, 4.69) is 19.5 Å². The van der Waals surface area contributed by atoms with Crippen molar-refractivity contribution in [1.29, 1.82) is 0 Å². The highest BCUT2D eigenvalue weighted by atomic mass is 16.5. The van der Waals surface area contributed by atoms with Gasteiger partial charge in [0.2, 0.25) is 0 Å². The molecule has 3 aromatic heterocycles. The number of aliphatic hydroxyl groups is 1. The van der Waals surface area contributed by atoms with E-state index in [0.717, 1.165) is 60.2 Å². The maximum Gasteiger partial charge on any atom is 0.139 e. The van der Waals surface area contributed by atoms with Gasteiger partial charge in [-0.3, -0.25) is 0 Å². The normalized spacial score (nSPS) is 22.2. The van der Waals surface area contributed by atoms with E-state index in [4.69, 9.17) is 4.74 Å². The van der Waals surface area contributed by atoms with Crippen LogP contribution in [0.1, 0.15) is 37.5 Å². The zero-order valence-electron chi connectivity index (χ0n) is 13.3. The van der Waals surface area contributed by atoms with Crippen molar-refractivity contribution in [3.05, 3.63) is 24.3 Å². The topological polar surface area (TPSA) is 76.0 Å². The van der Waals surface area contributed by atoms with Crippen molar-refractivity contribution >= 4 is 22.1 Å². The molecule has 0 aromatic carbocycles. The molecule has 0 aliphatic heterocycles. The summed E-state index contributed by atoms with van der Waals surface area (Å²) in [6, 6.07) is 2.43. The van der Waals surface area contributed by atoms with E-state index in [9.17, 15) is 5.11 Å². The lowest BCUT2D eigenvalue weighted by Crippen LogP contribution is -2.22. The Morgan fingerprint density at radius 3 is 2.91 bits per heavy atom. The highest BCUT2D eigenvalue weighted by molar-refractivity contribution is 6.01. The third-order valence-corrected chi connectivity index (χ3v) is 5.03. The van der Waals surface area contributed by atoms with Crippen molar-refractivity contribution in [2.75, 3.05) is 13.7 Å². The van der Waals surface area contributed by atoms with Crippen molar-refractivity contribution in [2.45, 2.75) is 38.3 Å². The number of hydrogen-bond acceptors (Lipinski definition) is 4. The van der Waals surface area contributed by atoms with Crippen LogP contribution in [0.3, 0.4) is 0 Å². The van der Waals surface area contributed by atoms with Gasteiger partial charge >= 0.3 is 0 Å². The molecule has 1 saturated carbocycles. The molecular weight excluding hydrogens is 292 g/mol. The Labute approximate surface area is 134 Å². The highest BCUT2D eigenvalue weighted by Gasteiger charge is 2.26. The van der Waals surface area contributed by atoms with Crippen LogP contribution in [0.15, 0.2) is 18.5 Å². The van der Waals surface area contributed by atoms with Crippen LogP contribution in [0.2, 0.25) is 0 Å². The first-order valence-electron chi connectivity index (χ1n) is 8.24. The second-order valence-corrected chi connectivity index (χ2v) is 6.42. The van der Waals surface area contributed by atoms with Crippen LogP contribution in [0.4, 0.5) is 0 Å². The first-order valence-corrected chi connectivity index (χ1v) is 8.24. The average Bonchev–Trinajstić information content (AvgIpc) is 3.19. The predicted octanol–water partition coefficient (Wildman–Crippen LogP) is 2.78. The summed E-state index contributed by atoms with van der Waals surface area (Å²) in [5.74, 6) is 1.39. The molecule has 0 spiro atoms. The fourth-order valence-electron chi connectivity index (χ4n) is 3.95. The molecule has 0 bridgehead atoms. The van der Waals surface area contributed by atoms with Gasteiger partial charge in [0.15, 0.2) is 0 Å². The van der Waals surface area contributed by atoms with Crippen LogP contribution >= 0.6 is 0 Å². The number of nitrogens with zero attached hydrogens (tertiary/aromatic N) is 3. The lowest BCUT2D eigenvalue weighted by atomic mass is 9.86. The van der Waals surface area contributed by atoms with E-state index >= 15 is 0 Å². The smallest absolute Gasteiger partial charge is 0.139 e. The van der Waals surface area contributed by atoms with E-state index < -0.39 is 0 Å². The number of aromatic nitrogens is 4. The van der Waals surface area contributed by atoms with Gasteiger partial charge in [0.1, 0.15) is 23.6 Å². The first kappa shape index (κ1) is 14.7. The zero-order valence-corrected chi connectivity index (χ0v) is 13.3. The maximum atomic E-state index is 9.78. The fraction of sp³-hybridized carbons (Fsp3) is 0.529. The minimum Gasteiger partial charge on any atom is -0.388 e. The molecule has 2 N–H and O–H groups in total. The minimum atomic E-state index is -0.0431. The molecule has 1 fully saturated rings. The summed E-state index contributed by atoms with van der Waals surface area (Å²) in [5.41, 5.74) is 2.83. The number of nitrogens with one attached hydrogen (secondary N) is 1. The van der Waals surface area contributed by atoms with Gasteiger partial charge in [0.05, 0.1) is 11.7 Å². The summed E-state index contributed by atoms with van der Waals surface area (Å²) in [5, 5.41) is 10.9. The third kappa shape index (κ3) is 2.42. The predicted molar refractivity (Wildman–Crippen MR) is 88.2 cm³/mol. The number of rotatable bonds is 4. The van der Waals surface area contributed by atoms with Crippen molar-refractivity contribution < 1.29 is 9.84 Å². The number of fused-ring (bicyclic) bond motifs is 3. The number of ether oxygens (including phenoxy) is 1. The molecule has 4 rings (SSSR count). The van der Waals surface area contributed by atoms with Crippen LogP contribution < -0.4 is 0 Å². The summed E-state index contributed by atoms with van der Waals surface area (Å²) in [4.78, 5) is 12.2. The number of aliphatic hydroxyl groups excluding tert-OH is 1. The van der Waals surface area contributed by atoms with Crippen molar-refractivity contribution in [1.82, 2.24) is 19.5 Å². The molecular formula is C17H22N4O2. The molecule has 23 heavy (non-hydrogen) atoms. The lowest BCUT2D eigenvalue weighted by Gasteiger charge is -2.30. The molecule has 0 amide bonds. The molecule has 6 nitrogen and oxygen atoms in total. The van der Waals surface area contributed by atoms with Gasteiger partial charge in [-0.15, -0.1) is 0 Å². The van der Waals surface area contributed by atoms with Gasteiger partial charge in [-0.1, -0.05) is 0 Å². The third-order valence-electron chi connectivity index (χ3n) is 5.03. The van der Waals surface area contributed by atoms with Gasteiger partial charge in [0, 0.05) is 31.3 Å². The molecule has 1 aliphatic rings. The maximum absolute atomic E-state index is 9.78. The summed E-state index contributed by atoms with van der Waals surface area (Å²) >= 11 is 0. The Kier molecular flexibility index (Phi) is 3.79. The summed E-state index contributed by atoms with van der Waals surface area (Å²) < 4.78 is 7.54.